The fourth-order valence-electron chi connectivity index (χ4n) is 0.790. The summed E-state index contributed by atoms with van der Waals surface area (Å²) in [7, 11) is -3.51. The van der Waals surface area contributed by atoms with Gasteiger partial charge in [0.2, 0.25) is 0 Å². The quantitative estimate of drug-likeness (QED) is 0.210. The molecule has 0 heterocycles. The van der Waals surface area contributed by atoms with Gasteiger partial charge in [-0.3, -0.25) is 0 Å². The van der Waals surface area contributed by atoms with Crippen LogP contribution >= 0.6 is 0 Å². The number of hydrogen-bond donors (Lipinski definition) is 4. The maximum Gasteiger partial charge on any atom is 0.277 e. The van der Waals surface area contributed by atoms with E-state index in [1.807, 2.05) is 0 Å². The lowest BCUT2D eigenvalue weighted by Crippen LogP contribution is -2.43. The molecule has 0 radical (unpaired) electrons. The molecule has 0 rings (SSSR count). The zero-order valence-corrected chi connectivity index (χ0v) is 9.87. The van der Waals surface area contributed by atoms with Crippen molar-refractivity contribution in [1.29, 1.82) is 0 Å². The molecule has 1 atom stereocenters. The van der Waals surface area contributed by atoms with Crippen LogP contribution in [0.2, 0.25) is 0 Å². The predicted octanol–water partition coefficient (Wildman–Crippen LogP) is -0.799. The van der Waals surface area contributed by atoms with Gasteiger partial charge in [-0.05, 0) is 13.8 Å². The Morgan fingerprint density at radius 3 is 2.40 bits per heavy atom. The Kier molecular flexibility index (Phi) is 5.55. The maximum absolute atomic E-state index is 11.3. The van der Waals surface area contributed by atoms with E-state index in [-0.39, 0.29) is 24.3 Å². The van der Waals surface area contributed by atoms with Crippen molar-refractivity contribution in [2.24, 2.45) is 16.8 Å². The van der Waals surface area contributed by atoms with E-state index in [1.165, 1.54) is 0 Å². The number of oxime groups is 1. The lowest BCUT2D eigenvalue weighted by molar-refractivity contribution is 0.314. The summed E-state index contributed by atoms with van der Waals surface area (Å²) < 4.78 is 27.2. The highest BCUT2D eigenvalue weighted by atomic mass is 32.2. The highest BCUT2D eigenvalue weighted by molar-refractivity contribution is 7.87. The number of amidine groups is 1. The third-order valence-corrected chi connectivity index (χ3v) is 2.92. The fraction of sp³-hybridized carbons (Fsp3) is 0.857. The van der Waals surface area contributed by atoms with Crippen molar-refractivity contribution in [3.63, 3.8) is 0 Å². The fourth-order valence-corrected chi connectivity index (χ4v) is 1.96. The Balaban J connectivity index is 4.16. The molecule has 0 aromatic carbocycles. The monoisotopic (exact) mass is 238 g/mol. The molecule has 0 aliphatic carbocycles. The first-order valence-corrected chi connectivity index (χ1v) is 6.01. The van der Waals surface area contributed by atoms with Crippen LogP contribution in [0.1, 0.15) is 20.8 Å². The molecule has 0 aromatic heterocycles. The summed E-state index contributed by atoms with van der Waals surface area (Å²) in [4.78, 5) is 0. The molecule has 0 aromatic rings. The summed E-state index contributed by atoms with van der Waals surface area (Å²) in [6, 6.07) is -0.179. The first-order valence-electron chi connectivity index (χ1n) is 4.53. The van der Waals surface area contributed by atoms with Crippen LogP contribution in [0.4, 0.5) is 0 Å². The van der Waals surface area contributed by atoms with Crippen LogP contribution in [-0.4, -0.2) is 32.0 Å². The van der Waals surface area contributed by atoms with Crippen LogP contribution in [-0.2, 0) is 10.2 Å². The zero-order chi connectivity index (χ0) is 12.1. The molecule has 0 saturated heterocycles. The highest BCUT2D eigenvalue weighted by Crippen LogP contribution is 1.93. The van der Waals surface area contributed by atoms with E-state index in [0.29, 0.717) is 0 Å². The second kappa shape index (κ2) is 5.89. The predicted molar refractivity (Wildman–Crippen MR) is 57.8 cm³/mol. The molecule has 90 valence electrons. The molecule has 0 spiro atoms. The molecule has 0 aliphatic rings. The lowest BCUT2D eigenvalue weighted by atomic mass is 10.2. The van der Waals surface area contributed by atoms with Crippen molar-refractivity contribution in [3.8, 4) is 0 Å². The number of rotatable bonds is 6. The molecule has 0 saturated carbocycles. The SMILES string of the molecule is CC(C)NS(=O)(=O)NCC(C)C(N)=NO. The Morgan fingerprint density at radius 1 is 1.47 bits per heavy atom. The molecular formula is C7H18N4O3S. The van der Waals surface area contributed by atoms with Gasteiger partial charge in [-0.2, -0.15) is 13.1 Å². The van der Waals surface area contributed by atoms with Gasteiger partial charge in [0, 0.05) is 18.5 Å². The molecule has 8 heteroatoms. The van der Waals surface area contributed by atoms with Gasteiger partial charge in [-0.1, -0.05) is 12.1 Å². The van der Waals surface area contributed by atoms with Gasteiger partial charge in [0.05, 0.1) is 0 Å². The molecule has 0 fully saturated rings. The molecule has 15 heavy (non-hydrogen) atoms. The molecule has 7 nitrogen and oxygen atoms in total. The maximum atomic E-state index is 11.3. The van der Waals surface area contributed by atoms with E-state index >= 15 is 0 Å². The Hall–Kier alpha value is -0.860. The average molecular weight is 238 g/mol. The molecule has 0 aliphatic heterocycles. The summed E-state index contributed by atoms with van der Waals surface area (Å²) in [5.41, 5.74) is 5.29. The van der Waals surface area contributed by atoms with Crippen LogP contribution in [0.15, 0.2) is 5.16 Å². The Morgan fingerprint density at radius 2 is 2.00 bits per heavy atom. The summed E-state index contributed by atoms with van der Waals surface area (Å²) in [6.07, 6.45) is 0. The average Bonchev–Trinajstić information content (AvgIpc) is 2.11. The molecule has 1 unspecified atom stereocenters. The van der Waals surface area contributed by atoms with Gasteiger partial charge in [-0.15, -0.1) is 0 Å². The topological polar surface area (TPSA) is 117 Å². The molecule has 0 bridgehead atoms. The van der Waals surface area contributed by atoms with Gasteiger partial charge < -0.3 is 10.9 Å². The standard InChI is InChI=1S/C7H18N4O3S/c1-5(2)11-15(13,14)9-4-6(3)7(8)10-12/h5-6,9,11-12H,4H2,1-3H3,(H2,8,10). The van der Waals surface area contributed by atoms with Crippen molar-refractivity contribution in [2.45, 2.75) is 26.8 Å². The van der Waals surface area contributed by atoms with Gasteiger partial charge >= 0.3 is 0 Å². The van der Waals surface area contributed by atoms with E-state index in [2.05, 4.69) is 14.6 Å². The smallest absolute Gasteiger partial charge is 0.277 e. The third-order valence-electron chi connectivity index (χ3n) is 1.59. The van der Waals surface area contributed by atoms with Crippen molar-refractivity contribution >= 4 is 16.0 Å². The number of nitrogens with zero attached hydrogens (tertiary/aromatic N) is 1. The van der Waals surface area contributed by atoms with Crippen molar-refractivity contribution < 1.29 is 13.6 Å². The Labute approximate surface area is 89.9 Å². The van der Waals surface area contributed by atoms with Crippen LogP contribution in [0, 0.1) is 5.92 Å². The first-order chi connectivity index (χ1) is 6.78. The van der Waals surface area contributed by atoms with Gasteiger partial charge in [0.15, 0.2) is 0 Å². The molecular weight excluding hydrogens is 220 g/mol. The summed E-state index contributed by atoms with van der Waals surface area (Å²) in [5, 5.41) is 11.1. The van der Waals surface area contributed by atoms with Crippen molar-refractivity contribution in [2.75, 3.05) is 6.54 Å². The minimum Gasteiger partial charge on any atom is -0.409 e. The lowest BCUT2D eigenvalue weighted by Gasteiger charge is -2.13. The number of nitrogens with two attached hydrogens (primary N) is 1. The van der Waals surface area contributed by atoms with Crippen LogP contribution in [0.5, 0.6) is 0 Å². The van der Waals surface area contributed by atoms with E-state index in [4.69, 9.17) is 10.9 Å². The van der Waals surface area contributed by atoms with Crippen molar-refractivity contribution in [1.82, 2.24) is 9.44 Å². The van der Waals surface area contributed by atoms with Gasteiger partial charge in [-0.25, -0.2) is 4.72 Å². The number of nitrogens with one attached hydrogen (secondary N) is 2. The molecule has 5 N–H and O–H groups in total. The van der Waals surface area contributed by atoms with Crippen LogP contribution < -0.4 is 15.2 Å². The number of hydrogen-bond acceptors (Lipinski definition) is 4. The van der Waals surface area contributed by atoms with Gasteiger partial charge in [0.25, 0.3) is 10.2 Å². The van der Waals surface area contributed by atoms with E-state index in [9.17, 15) is 8.42 Å². The Bertz CT molecular complexity index is 312. The summed E-state index contributed by atoms with van der Waals surface area (Å²) >= 11 is 0. The molecule has 0 amide bonds. The zero-order valence-electron chi connectivity index (χ0n) is 9.06. The minimum absolute atomic E-state index is 0.0118. The first kappa shape index (κ1) is 14.1. The van der Waals surface area contributed by atoms with E-state index in [1.54, 1.807) is 20.8 Å². The van der Waals surface area contributed by atoms with E-state index in [0.717, 1.165) is 0 Å². The van der Waals surface area contributed by atoms with Crippen molar-refractivity contribution in [3.05, 3.63) is 0 Å². The van der Waals surface area contributed by atoms with E-state index < -0.39 is 10.2 Å². The normalized spacial score (nSPS) is 15.6. The summed E-state index contributed by atoms with van der Waals surface area (Å²) in [6.45, 7) is 5.16. The summed E-state index contributed by atoms with van der Waals surface area (Å²) in [5.74, 6) is -0.374. The second-order valence-corrected chi connectivity index (χ2v) is 5.08. The highest BCUT2D eigenvalue weighted by Gasteiger charge is 2.14. The second-order valence-electron chi connectivity index (χ2n) is 3.55. The minimum atomic E-state index is -3.51. The third kappa shape index (κ3) is 6.26. The van der Waals surface area contributed by atoms with Crippen LogP contribution in [0.3, 0.4) is 0 Å². The van der Waals surface area contributed by atoms with Crippen LogP contribution in [0.25, 0.3) is 0 Å². The largest absolute Gasteiger partial charge is 0.409 e. The van der Waals surface area contributed by atoms with Gasteiger partial charge in [0.1, 0.15) is 5.84 Å².